The summed E-state index contributed by atoms with van der Waals surface area (Å²) >= 11 is 0. The molecule has 9 nitrogen and oxygen atoms in total. The van der Waals surface area contributed by atoms with Crippen LogP contribution in [0, 0.1) is 5.41 Å². The van der Waals surface area contributed by atoms with Crippen molar-refractivity contribution >= 4 is 39.9 Å². The number of nitrogens with zero attached hydrogens (tertiary/aromatic N) is 5. The summed E-state index contributed by atoms with van der Waals surface area (Å²) in [6.07, 6.45) is 0.473. The predicted molar refractivity (Wildman–Crippen MR) is 133 cm³/mol. The van der Waals surface area contributed by atoms with Gasteiger partial charge in [0.05, 0.1) is 16.3 Å². The number of anilines is 2. The summed E-state index contributed by atoms with van der Waals surface area (Å²) in [5, 5.41) is 0.542. The molecular weight excluding hydrogens is 482 g/mol. The number of benzene rings is 2. The van der Waals surface area contributed by atoms with Gasteiger partial charge in [-0.15, -0.1) is 0 Å². The zero-order valence-electron chi connectivity index (χ0n) is 19.9. The third-order valence-electron chi connectivity index (χ3n) is 8.04. The zero-order chi connectivity index (χ0) is 25.4. The molecule has 3 fully saturated rings. The number of amides is 1. The van der Waals surface area contributed by atoms with E-state index in [2.05, 4.69) is 15.0 Å². The van der Waals surface area contributed by atoms with Crippen molar-refractivity contribution in [3.05, 3.63) is 58.4 Å². The van der Waals surface area contributed by atoms with Gasteiger partial charge in [0.2, 0.25) is 5.95 Å². The van der Waals surface area contributed by atoms with E-state index in [9.17, 15) is 18.4 Å². The molecular formula is C26H24F2N6O3. The monoisotopic (exact) mass is 506 g/mol. The highest BCUT2D eigenvalue weighted by Crippen LogP contribution is 2.59. The molecule has 0 radical (unpaired) electrons. The normalized spacial score (nSPS) is 20.3. The molecule has 11 heteroatoms. The van der Waals surface area contributed by atoms with E-state index in [1.807, 2.05) is 17.0 Å². The van der Waals surface area contributed by atoms with Crippen molar-refractivity contribution in [3.8, 4) is 0 Å². The van der Waals surface area contributed by atoms with E-state index in [0.29, 0.717) is 72.1 Å². The molecule has 7 rings (SSSR count). The largest absolute Gasteiger partial charge is 0.423 e. The van der Waals surface area contributed by atoms with E-state index >= 15 is 0 Å². The number of aromatic nitrogens is 3. The van der Waals surface area contributed by atoms with Gasteiger partial charge < -0.3 is 19.1 Å². The minimum absolute atomic E-state index is 0.0508. The van der Waals surface area contributed by atoms with Crippen LogP contribution >= 0.6 is 0 Å². The zero-order valence-corrected chi connectivity index (χ0v) is 19.9. The molecule has 190 valence electrons. The average molecular weight is 507 g/mol. The number of hydrogen-bond acceptors (Lipinski definition) is 7. The predicted octanol–water partition coefficient (Wildman–Crippen LogP) is 3.26. The number of fused-ring (bicyclic) bond motifs is 2. The van der Waals surface area contributed by atoms with Crippen LogP contribution in [0.4, 0.5) is 20.7 Å². The number of halogens is 2. The quantitative estimate of drug-likeness (QED) is 0.456. The van der Waals surface area contributed by atoms with Crippen LogP contribution in [0.2, 0.25) is 0 Å². The van der Waals surface area contributed by atoms with Crippen molar-refractivity contribution in [1.29, 1.82) is 0 Å². The van der Waals surface area contributed by atoms with Crippen molar-refractivity contribution in [2.24, 2.45) is 5.41 Å². The average Bonchev–Trinajstić information content (AvgIpc) is 3.30. The molecule has 3 aliphatic rings. The van der Waals surface area contributed by atoms with Gasteiger partial charge in [-0.2, -0.15) is 4.98 Å². The third kappa shape index (κ3) is 3.40. The molecule has 1 N–H and O–H groups in total. The maximum Gasteiger partial charge on any atom is 0.298 e. The number of hydrogen-bond donors (Lipinski definition) is 1. The number of aromatic amines is 1. The van der Waals surface area contributed by atoms with Crippen LogP contribution in [-0.4, -0.2) is 71.0 Å². The molecule has 2 aliphatic heterocycles. The van der Waals surface area contributed by atoms with E-state index in [-0.39, 0.29) is 31.0 Å². The molecule has 2 saturated heterocycles. The van der Waals surface area contributed by atoms with Gasteiger partial charge in [-0.25, -0.2) is 13.8 Å². The first-order valence-electron chi connectivity index (χ1n) is 12.4. The van der Waals surface area contributed by atoms with Gasteiger partial charge in [0.25, 0.3) is 23.4 Å². The molecule has 4 heterocycles. The summed E-state index contributed by atoms with van der Waals surface area (Å²) < 4.78 is 33.7. The summed E-state index contributed by atoms with van der Waals surface area (Å²) in [4.78, 5) is 42.9. The van der Waals surface area contributed by atoms with E-state index in [4.69, 9.17) is 4.42 Å². The van der Waals surface area contributed by atoms with E-state index in [1.165, 1.54) is 0 Å². The Hall–Kier alpha value is -4.02. The van der Waals surface area contributed by atoms with Gasteiger partial charge >= 0.3 is 0 Å². The van der Waals surface area contributed by atoms with E-state index in [0.717, 1.165) is 0 Å². The number of para-hydroxylation sites is 1. The smallest absolute Gasteiger partial charge is 0.298 e. The number of rotatable bonds is 3. The number of H-pyrrole nitrogens is 1. The fourth-order valence-electron chi connectivity index (χ4n) is 5.59. The minimum Gasteiger partial charge on any atom is -0.423 e. The van der Waals surface area contributed by atoms with Crippen LogP contribution in [0.3, 0.4) is 0 Å². The Balaban J connectivity index is 1.03. The SMILES string of the molecule is O=C(c1ccc2nc(N3CC4(CCC4(F)F)C3)oc2c1)N1CCN(c2nc3ccccc3c(=O)[nH]2)CC1. The lowest BCUT2D eigenvalue weighted by Gasteiger charge is -2.59. The molecule has 1 saturated carbocycles. The Morgan fingerprint density at radius 3 is 2.46 bits per heavy atom. The second kappa shape index (κ2) is 7.74. The Morgan fingerprint density at radius 2 is 1.73 bits per heavy atom. The van der Waals surface area contributed by atoms with Gasteiger partial charge in [0, 0.05) is 51.3 Å². The number of piperazine rings is 1. The highest BCUT2D eigenvalue weighted by atomic mass is 19.3. The van der Waals surface area contributed by atoms with Crippen LogP contribution in [0.5, 0.6) is 0 Å². The highest BCUT2D eigenvalue weighted by molar-refractivity contribution is 5.97. The van der Waals surface area contributed by atoms with Gasteiger partial charge in [-0.05, 0) is 36.8 Å². The summed E-state index contributed by atoms with van der Waals surface area (Å²) in [7, 11) is 0. The van der Waals surface area contributed by atoms with Crippen molar-refractivity contribution in [2.75, 3.05) is 49.1 Å². The molecule has 1 spiro atoms. The van der Waals surface area contributed by atoms with Gasteiger partial charge in [-0.3, -0.25) is 14.6 Å². The first kappa shape index (κ1) is 22.2. The lowest BCUT2D eigenvalue weighted by molar-refractivity contribution is -0.213. The van der Waals surface area contributed by atoms with Gasteiger partial charge in [-0.1, -0.05) is 12.1 Å². The molecule has 4 aromatic rings. The molecule has 2 aromatic heterocycles. The van der Waals surface area contributed by atoms with Crippen molar-refractivity contribution in [1.82, 2.24) is 19.9 Å². The van der Waals surface area contributed by atoms with Crippen LogP contribution in [0.25, 0.3) is 22.0 Å². The highest BCUT2D eigenvalue weighted by Gasteiger charge is 2.67. The minimum atomic E-state index is -2.61. The molecule has 2 aromatic carbocycles. The maximum atomic E-state index is 13.9. The van der Waals surface area contributed by atoms with E-state index < -0.39 is 11.3 Å². The number of oxazole rings is 1. The molecule has 1 amide bonds. The fourth-order valence-corrected chi connectivity index (χ4v) is 5.59. The topological polar surface area (TPSA) is 98.6 Å². The Kier molecular flexibility index (Phi) is 4.64. The summed E-state index contributed by atoms with van der Waals surface area (Å²) in [6, 6.07) is 12.6. The second-order valence-corrected chi connectivity index (χ2v) is 10.2. The first-order valence-corrected chi connectivity index (χ1v) is 12.4. The second-order valence-electron chi connectivity index (χ2n) is 10.2. The third-order valence-corrected chi connectivity index (χ3v) is 8.04. The van der Waals surface area contributed by atoms with Crippen LogP contribution in [-0.2, 0) is 0 Å². The van der Waals surface area contributed by atoms with Crippen molar-refractivity contribution < 1.29 is 18.0 Å². The van der Waals surface area contributed by atoms with Gasteiger partial charge in [0.15, 0.2) is 5.58 Å². The van der Waals surface area contributed by atoms with Crippen molar-refractivity contribution in [3.63, 3.8) is 0 Å². The summed E-state index contributed by atoms with van der Waals surface area (Å²) in [5.74, 6) is -2.24. The number of carbonyl (C=O) groups excluding carboxylic acids is 1. The Labute approximate surface area is 209 Å². The molecule has 0 atom stereocenters. The first-order chi connectivity index (χ1) is 17.8. The van der Waals surface area contributed by atoms with Crippen molar-refractivity contribution in [2.45, 2.75) is 18.8 Å². The van der Waals surface area contributed by atoms with Crippen LogP contribution in [0.15, 0.2) is 51.7 Å². The fraction of sp³-hybridized carbons (Fsp3) is 0.385. The van der Waals surface area contributed by atoms with Crippen LogP contribution < -0.4 is 15.4 Å². The summed E-state index contributed by atoms with van der Waals surface area (Å²) in [5.41, 5.74) is 1.03. The maximum absolute atomic E-state index is 13.9. The van der Waals surface area contributed by atoms with E-state index in [1.54, 1.807) is 40.1 Å². The molecule has 0 unspecified atom stereocenters. The Morgan fingerprint density at radius 1 is 0.946 bits per heavy atom. The molecule has 1 aliphatic carbocycles. The molecule has 0 bridgehead atoms. The standard InChI is InChI=1S/C26H24F2N6O3/c27-26(28)8-7-25(26)14-34(15-25)24-30-19-6-5-16(13-20(19)37-24)22(36)32-9-11-33(12-10-32)23-29-18-4-2-1-3-17(18)21(35)31-23/h1-6,13H,7-12,14-15H2,(H,29,31,35). The summed E-state index contributed by atoms with van der Waals surface area (Å²) in [6.45, 7) is 2.48. The lowest BCUT2D eigenvalue weighted by atomic mass is 9.60. The lowest BCUT2D eigenvalue weighted by Crippen LogP contribution is -2.70. The number of nitrogens with one attached hydrogen (secondary N) is 1. The number of alkyl halides is 2. The Bertz CT molecular complexity index is 1600. The van der Waals surface area contributed by atoms with Crippen LogP contribution in [0.1, 0.15) is 23.2 Å². The number of carbonyl (C=O) groups is 1. The van der Waals surface area contributed by atoms with Gasteiger partial charge in [0.1, 0.15) is 5.52 Å². The molecule has 37 heavy (non-hydrogen) atoms.